The normalized spacial score (nSPS) is 19.7. The van der Waals surface area contributed by atoms with Crippen molar-refractivity contribution in [2.24, 2.45) is 0 Å². The number of esters is 1. The van der Waals surface area contributed by atoms with E-state index < -0.39 is 0 Å². The number of hydrogen-bond donors (Lipinski definition) is 1. The maximum atomic E-state index is 11.6. The van der Waals surface area contributed by atoms with Crippen molar-refractivity contribution >= 4 is 5.97 Å². The molecule has 5 nitrogen and oxygen atoms in total. The molecule has 1 aliphatic rings. The van der Waals surface area contributed by atoms with Gasteiger partial charge in [-0.1, -0.05) is 0 Å². The zero-order valence-corrected chi connectivity index (χ0v) is 8.99. The summed E-state index contributed by atoms with van der Waals surface area (Å²) in [5.41, 5.74) is 0.556. The van der Waals surface area contributed by atoms with Gasteiger partial charge >= 0.3 is 5.97 Å². The van der Waals surface area contributed by atoms with Crippen LogP contribution in [0.5, 0.6) is 0 Å². The zero-order valence-electron chi connectivity index (χ0n) is 8.99. The number of aromatic nitrogens is 2. The van der Waals surface area contributed by atoms with Crippen molar-refractivity contribution in [3.8, 4) is 0 Å². The number of ether oxygens (including phenoxy) is 1. The molecule has 1 N–H and O–H groups in total. The molecule has 2 heterocycles. The first kappa shape index (κ1) is 10.2. The van der Waals surface area contributed by atoms with Crippen molar-refractivity contribution in [3.05, 3.63) is 17.7 Å². The number of fused-ring (bicyclic) bond motifs is 1. The number of nitrogens with zero attached hydrogens (tertiary/aromatic N) is 2. The Hall–Kier alpha value is -1.36. The highest BCUT2D eigenvalue weighted by molar-refractivity contribution is 5.87. The number of carbonyl (C=O) groups excluding carboxylic acids is 1. The molecule has 0 aliphatic carbocycles. The summed E-state index contributed by atoms with van der Waals surface area (Å²) in [6.07, 6.45) is 1.59. The molecule has 0 fully saturated rings. The van der Waals surface area contributed by atoms with Gasteiger partial charge in [0.25, 0.3) is 0 Å². The molecule has 5 heteroatoms. The predicted octanol–water partition coefficient (Wildman–Crippen LogP) is 0.724. The topological polar surface area (TPSA) is 56.1 Å². The largest absolute Gasteiger partial charge is 0.461 e. The highest BCUT2D eigenvalue weighted by atomic mass is 16.5. The Kier molecular flexibility index (Phi) is 2.73. The number of nitrogens with one attached hydrogen (secondary N) is 1. The Labute approximate surface area is 88.4 Å². The summed E-state index contributed by atoms with van der Waals surface area (Å²) in [5.74, 6) is 0.613. The number of rotatable bonds is 2. The average Bonchev–Trinajstić information content (AvgIpc) is 2.63. The molecule has 0 saturated carbocycles. The van der Waals surface area contributed by atoms with Crippen LogP contribution in [0.3, 0.4) is 0 Å². The monoisotopic (exact) mass is 209 g/mol. The minimum Gasteiger partial charge on any atom is -0.461 e. The van der Waals surface area contributed by atoms with Gasteiger partial charge in [-0.2, -0.15) is 0 Å². The van der Waals surface area contributed by atoms with Crippen LogP contribution in [-0.2, 0) is 11.3 Å². The molecule has 1 aromatic heterocycles. The van der Waals surface area contributed by atoms with Gasteiger partial charge in [-0.25, -0.2) is 9.78 Å². The van der Waals surface area contributed by atoms with Gasteiger partial charge in [0.2, 0.25) is 0 Å². The van der Waals surface area contributed by atoms with Crippen LogP contribution in [0.15, 0.2) is 6.20 Å². The molecule has 0 spiro atoms. The second-order valence-corrected chi connectivity index (χ2v) is 3.63. The summed E-state index contributed by atoms with van der Waals surface area (Å²) in [5, 5.41) is 3.24. The summed E-state index contributed by atoms with van der Waals surface area (Å²) in [4.78, 5) is 15.8. The van der Waals surface area contributed by atoms with Crippen molar-refractivity contribution in [1.82, 2.24) is 14.9 Å². The molecule has 1 aliphatic heterocycles. The third-order valence-corrected chi connectivity index (χ3v) is 2.52. The van der Waals surface area contributed by atoms with E-state index in [0.29, 0.717) is 18.8 Å². The Morgan fingerprint density at radius 3 is 3.33 bits per heavy atom. The molecule has 0 amide bonds. The first-order valence-electron chi connectivity index (χ1n) is 5.18. The maximum Gasteiger partial charge on any atom is 0.356 e. The van der Waals surface area contributed by atoms with Crippen LogP contribution < -0.4 is 5.32 Å². The van der Waals surface area contributed by atoms with Gasteiger partial charge in [0.05, 0.1) is 19.3 Å². The van der Waals surface area contributed by atoms with Crippen LogP contribution in [0.2, 0.25) is 0 Å². The van der Waals surface area contributed by atoms with E-state index in [-0.39, 0.29) is 12.0 Å². The second kappa shape index (κ2) is 4.02. The van der Waals surface area contributed by atoms with Crippen molar-refractivity contribution < 1.29 is 9.53 Å². The van der Waals surface area contributed by atoms with Gasteiger partial charge in [-0.3, -0.25) is 0 Å². The summed E-state index contributed by atoms with van der Waals surface area (Å²) in [7, 11) is 0. The van der Waals surface area contributed by atoms with Gasteiger partial charge in [0.1, 0.15) is 11.5 Å². The summed E-state index contributed by atoms with van der Waals surface area (Å²) < 4.78 is 6.93. The Morgan fingerprint density at radius 1 is 1.80 bits per heavy atom. The lowest BCUT2D eigenvalue weighted by Crippen LogP contribution is -2.33. The van der Waals surface area contributed by atoms with Crippen LogP contribution >= 0.6 is 0 Å². The van der Waals surface area contributed by atoms with E-state index in [0.717, 1.165) is 12.4 Å². The number of carbonyl (C=O) groups is 1. The van der Waals surface area contributed by atoms with E-state index in [9.17, 15) is 4.79 Å². The first-order chi connectivity index (χ1) is 7.24. The lowest BCUT2D eigenvalue weighted by molar-refractivity contribution is 0.0510. The Bertz CT molecular complexity index is 373. The molecular formula is C10H15N3O2. The molecule has 82 valence electrons. The molecule has 0 bridgehead atoms. The first-order valence-corrected chi connectivity index (χ1v) is 5.18. The highest BCUT2D eigenvalue weighted by Crippen LogP contribution is 2.18. The van der Waals surface area contributed by atoms with Gasteiger partial charge in [0.15, 0.2) is 0 Å². The zero-order chi connectivity index (χ0) is 10.8. The van der Waals surface area contributed by atoms with Gasteiger partial charge in [-0.05, 0) is 13.8 Å². The van der Waals surface area contributed by atoms with Crippen LogP contribution in [0.25, 0.3) is 0 Å². The molecule has 1 aromatic rings. The molecule has 0 radical (unpaired) electrons. The van der Waals surface area contributed by atoms with Crippen molar-refractivity contribution in [3.63, 3.8) is 0 Å². The standard InChI is InChI=1S/C10H15N3O2/c1-3-15-10(14)8-5-12-9-6-11-4-7(2)13(8)9/h5,7,11H,3-4,6H2,1-2H3/t7-/m1/s1. The van der Waals surface area contributed by atoms with Crippen molar-refractivity contribution in [2.45, 2.75) is 26.4 Å². The Morgan fingerprint density at radius 2 is 2.60 bits per heavy atom. The van der Waals surface area contributed by atoms with Gasteiger partial charge < -0.3 is 14.6 Å². The maximum absolute atomic E-state index is 11.6. The molecule has 15 heavy (non-hydrogen) atoms. The van der Waals surface area contributed by atoms with Crippen LogP contribution in [-0.4, -0.2) is 28.7 Å². The molecule has 1 atom stereocenters. The number of imidazole rings is 1. The Balaban J connectivity index is 2.33. The molecule has 0 aromatic carbocycles. The molecule has 2 rings (SSSR count). The lowest BCUT2D eigenvalue weighted by Gasteiger charge is -2.24. The predicted molar refractivity (Wildman–Crippen MR) is 54.6 cm³/mol. The van der Waals surface area contributed by atoms with Crippen LogP contribution in [0, 0.1) is 0 Å². The SMILES string of the molecule is CCOC(=O)c1cnc2n1[C@H](C)CNC2. The van der Waals surface area contributed by atoms with E-state index in [4.69, 9.17) is 4.74 Å². The smallest absolute Gasteiger partial charge is 0.356 e. The van der Waals surface area contributed by atoms with E-state index >= 15 is 0 Å². The fourth-order valence-electron chi connectivity index (χ4n) is 1.86. The minimum atomic E-state index is -0.287. The van der Waals surface area contributed by atoms with Crippen molar-refractivity contribution in [1.29, 1.82) is 0 Å². The van der Waals surface area contributed by atoms with Crippen LogP contribution in [0.4, 0.5) is 0 Å². The van der Waals surface area contributed by atoms with E-state index in [2.05, 4.69) is 17.2 Å². The van der Waals surface area contributed by atoms with Crippen LogP contribution in [0.1, 0.15) is 36.2 Å². The molecular weight excluding hydrogens is 194 g/mol. The fourth-order valence-corrected chi connectivity index (χ4v) is 1.86. The minimum absolute atomic E-state index is 0.246. The average molecular weight is 209 g/mol. The van der Waals surface area contributed by atoms with Gasteiger partial charge in [-0.15, -0.1) is 0 Å². The second-order valence-electron chi connectivity index (χ2n) is 3.63. The van der Waals surface area contributed by atoms with E-state index in [1.807, 2.05) is 4.57 Å². The summed E-state index contributed by atoms with van der Waals surface area (Å²) in [6.45, 7) is 5.82. The molecule has 0 unspecified atom stereocenters. The van der Waals surface area contributed by atoms with Crippen molar-refractivity contribution in [2.75, 3.05) is 13.2 Å². The summed E-state index contributed by atoms with van der Waals surface area (Å²) >= 11 is 0. The highest BCUT2D eigenvalue weighted by Gasteiger charge is 2.23. The third kappa shape index (κ3) is 1.74. The van der Waals surface area contributed by atoms with E-state index in [1.54, 1.807) is 13.1 Å². The third-order valence-electron chi connectivity index (χ3n) is 2.52. The fraction of sp³-hybridized carbons (Fsp3) is 0.600. The quantitative estimate of drug-likeness (QED) is 0.729. The molecule has 0 saturated heterocycles. The van der Waals surface area contributed by atoms with Gasteiger partial charge in [0, 0.05) is 12.6 Å². The lowest BCUT2D eigenvalue weighted by atomic mass is 10.2. The summed E-state index contributed by atoms with van der Waals surface area (Å²) in [6, 6.07) is 0.246. The number of hydrogen-bond acceptors (Lipinski definition) is 4. The van der Waals surface area contributed by atoms with E-state index in [1.165, 1.54) is 0 Å².